The van der Waals surface area contributed by atoms with Crippen LogP contribution in [0, 0.1) is 11.8 Å². The molecule has 0 aliphatic rings. The summed E-state index contributed by atoms with van der Waals surface area (Å²) in [6.45, 7) is 1.23. The molecular weight excluding hydrogens is 160 g/mol. The maximum atomic E-state index is 10.4. The molecule has 4 nitrogen and oxygen atoms in total. The largest absolute Gasteiger partial charge is 0.459 e. The molecule has 4 heteroatoms. The minimum absolute atomic E-state index is 0.221. The number of ether oxygens (including phenoxy) is 3. The Labute approximate surface area is 71.8 Å². The van der Waals surface area contributed by atoms with Crippen LogP contribution in [0.3, 0.4) is 0 Å². The monoisotopic (exact) mass is 172 g/mol. The molecule has 0 aromatic carbocycles. The van der Waals surface area contributed by atoms with Crippen LogP contribution in [0.25, 0.3) is 0 Å². The number of rotatable bonds is 4. The van der Waals surface area contributed by atoms with Gasteiger partial charge in [0.05, 0.1) is 20.3 Å². The van der Waals surface area contributed by atoms with Gasteiger partial charge >= 0.3 is 5.97 Å². The van der Waals surface area contributed by atoms with Gasteiger partial charge in [-0.1, -0.05) is 5.92 Å². The van der Waals surface area contributed by atoms with Crippen LogP contribution >= 0.6 is 0 Å². The molecule has 0 spiro atoms. The van der Waals surface area contributed by atoms with E-state index in [9.17, 15) is 4.79 Å². The van der Waals surface area contributed by atoms with Gasteiger partial charge in [0.15, 0.2) is 0 Å². The molecule has 0 rings (SSSR count). The Morgan fingerprint density at radius 1 is 1.33 bits per heavy atom. The van der Waals surface area contributed by atoms with Gasteiger partial charge in [-0.05, 0) is 0 Å². The van der Waals surface area contributed by atoms with E-state index < -0.39 is 5.97 Å². The van der Waals surface area contributed by atoms with Crippen LogP contribution in [-0.2, 0) is 19.0 Å². The number of carbonyl (C=O) groups is 1. The average molecular weight is 172 g/mol. The van der Waals surface area contributed by atoms with E-state index in [-0.39, 0.29) is 6.61 Å². The fourth-order valence-electron chi connectivity index (χ4n) is 0.425. The highest BCUT2D eigenvalue weighted by atomic mass is 16.5. The summed E-state index contributed by atoms with van der Waals surface area (Å²) in [4.78, 5) is 10.4. The minimum atomic E-state index is -0.551. The standard InChI is InChI=1S/C8H12O4/c1-10-6-7-12-5-3-4-8(9)11-2/h5-7H2,1-2H3. The van der Waals surface area contributed by atoms with Crippen LogP contribution in [0.15, 0.2) is 0 Å². The van der Waals surface area contributed by atoms with Gasteiger partial charge in [-0.15, -0.1) is 0 Å². The van der Waals surface area contributed by atoms with Gasteiger partial charge in [-0.3, -0.25) is 0 Å². The minimum Gasteiger partial charge on any atom is -0.459 e. The zero-order chi connectivity index (χ0) is 9.23. The lowest BCUT2D eigenvalue weighted by Crippen LogP contribution is -2.02. The summed E-state index contributed by atoms with van der Waals surface area (Å²) in [6, 6.07) is 0. The first-order valence-electron chi connectivity index (χ1n) is 3.44. The van der Waals surface area contributed by atoms with E-state index in [1.807, 2.05) is 0 Å². The smallest absolute Gasteiger partial charge is 0.384 e. The van der Waals surface area contributed by atoms with Gasteiger partial charge in [0.2, 0.25) is 0 Å². The molecule has 0 aliphatic carbocycles. The third-order valence-electron chi connectivity index (χ3n) is 0.982. The van der Waals surface area contributed by atoms with E-state index in [0.717, 1.165) is 0 Å². The molecule has 0 unspecified atom stereocenters. The molecule has 0 aromatic rings. The number of carbonyl (C=O) groups excluding carboxylic acids is 1. The first-order chi connectivity index (χ1) is 5.81. The van der Waals surface area contributed by atoms with Crippen molar-refractivity contribution in [3.63, 3.8) is 0 Å². The molecule has 0 aromatic heterocycles. The summed E-state index contributed by atoms with van der Waals surface area (Å²) in [6.07, 6.45) is 0. The second-order valence-electron chi connectivity index (χ2n) is 1.84. The van der Waals surface area contributed by atoms with Crippen molar-refractivity contribution >= 4 is 5.97 Å². The third kappa shape index (κ3) is 7.06. The maximum absolute atomic E-state index is 10.4. The van der Waals surface area contributed by atoms with Crippen molar-refractivity contribution in [1.29, 1.82) is 0 Å². The van der Waals surface area contributed by atoms with Crippen LogP contribution < -0.4 is 0 Å². The summed E-state index contributed by atoms with van der Waals surface area (Å²) in [5.74, 6) is 4.17. The number of methoxy groups -OCH3 is 2. The number of hydrogen-bond donors (Lipinski definition) is 0. The summed E-state index contributed by atoms with van der Waals surface area (Å²) in [5.41, 5.74) is 0. The van der Waals surface area contributed by atoms with Crippen molar-refractivity contribution in [3.8, 4) is 11.8 Å². The Hall–Kier alpha value is -1.05. The van der Waals surface area contributed by atoms with Gasteiger partial charge in [0.25, 0.3) is 0 Å². The predicted molar refractivity (Wildman–Crippen MR) is 42.5 cm³/mol. The Morgan fingerprint density at radius 3 is 2.67 bits per heavy atom. The highest BCUT2D eigenvalue weighted by molar-refractivity contribution is 5.88. The normalized spacial score (nSPS) is 8.50. The van der Waals surface area contributed by atoms with Crippen molar-refractivity contribution in [1.82, 2.24) is 0 Å². The fourth-order valence-corrected chi connectivity index (χ4v) is 0.425. The second kappa shape index (κ2) is 8.05. The molecule has 0 radical (unpaired) electrons. The first kappa shape index (κ1) is 11.0. The van der Waals surface area contributed by atoms with E-state index in [2.05, 4.69) is 16.6 Å². The highest BCUT2D eigenvalue weighted by Gasteiger charge is 1.88. The van der Waals surface area contributed by atoms with Crippen LogP contribution in [-0.4, -0.2) is 40.0 Å². The lowest BCUT2D eigenvalue weighted by molar-refractivity contribution is -0.133. The lowest BCUT2D eigenvalue weighted by Gasteiger charge is -1.96. The van der Waals surface area contributed by atoms with Crippen molar-refractivity contribution in [3.05, 3.63) is 0 Å². The van der Waals surface area contributed by atoms with Crippen LogP contribution in [0.4, 0.5) is 0 Å². The highest BCUT2D eigenvalue weighted by Crippen LogP contribution is 1.74. The van der Waals surface area contributed by atoms with Gasteiger partial charge in [0, 0.05) is 13.0 Å². The van der Waals surface area contributed by atoms with Crippen LogP contribution in [0.1, 0.15) is 0 Å². The topological polar surface area (TPSA) is 44.8 Å². The van der Waals surface area contributed by atoms with E-state index >= 15 is 0 Å². The van der Waals surface area contributed by atoms with Gasteiger partial charge in [-0.25, -0.2) is 4.79 Å². The molecule has 0 aliphatic heterocycles. The second-order valence-corrected chi connectivity index (χ2v) is 1.84. The van der Waals surface area contributed by atoms with Crippen LogP contribution in [0.5, 0.6) is 0 Å². The molecule has 0 heterocycles. The van der Waals surface area contributed by atoms with Gasteiger partial charge in [0.1, 0.15) is 6.61 Å². The molecule has 0 amide bonds. The van der Waals surface area contributed by atoms with E-state index in [1.165, 1.54) is 7.11 Å². The maximum Gasteiger partial charge on any atom is 0.384 e. The molecule has 0 atom stereocenters. The van der Waals surface area contributed by atoms with Gasteiger partial charge < -0.3 is 14.2 Å². The zero-order valence-electron chi connectivity index (χ0n) is 7.25. The van der Waals surface area contributed by atoms with E-state index in [1.54, 1.807) is 7.11 Å². The van der Waals surface area contributed by atoms with Crippen molar-refractivity contribution < 1.29 is 19.0 Å². The molecule has 12 heavy (non-hydrogen) atoms. The third-order valence-corrected chi connectivity index (χ3v) is 0.982. The van der Waals surface area contributed by atoms with Crippen molar-refractivity contribution in [2.75, 3.05) is 34.0 Å². The van der Waals surface area contributed by atoms with Crippen molar-refractivity contribution in [2.45, 2.75) is 0 Å². The number of esters is 1. The summed E-state index contributed by atoms with van der Waals surface area (Å²) in [5, 5.41) is 0. The van der Waals surface area contributed by atoms with Gasteiger partial charge in [-0.2, -0.15) is 0 Å². The lowest BCUT2D eigenvalue weighted by atomic mass is 10.6. The Morgan fingerprint density at radius 2 is 2.08 bits per heavy atom. The molecule has 68 valence electrons. The van der Waals surface area contributed by atoms with E-state index in [4.69, 9.17) is 9.47 Å². The SMILES string of the molecule is COCCOCC#CC(=O)OC. The van der Waals surface area contributed by atoms with Crippen LogP contribution in [0.2, 0.25) is 0 Å². The number of hydrogen-bond acceptors (Lipinski definition) is 4. The summed E-state index contributed by atoms with van der Waals surface area (Å²) >= 11 is 0. The molecular formula is C8H12O4. The zero-order valence-corrected chi connectivity index (χ0v) is 7.25. The average Bonchev–Trinajstić information content (AvgIpc) is 2.10. The molecule has 0 fully saturated rings. The molecule has 0 saturated carbocycles. The first-order valence-corrected chi connectivity index (χ1v) is 3.44. The molecule has 0 bridgehead atoms. The quantitative estimate of drug-likeness (QED) is 0.255. The Kier molecular flexibility index (Phi) is 7.35. The summed E-state index contributed by atoms with van der Waals surface area (Å²) < 4.78 is 14.0. The van der Waals surface area contributed by atoms with E-state index in [0.29, 0.717) is 13.2 Å². The molecule has 0 N–H and O–H groups in total. The predicted octanol–water partition coefficient (Wildman–Crippen LogP) is -0.174. The molecule has 0 saturated heterocycles. The fraction of sp³-hybridized carbons (Fsp3) is 0.625. The van der Waals surface area contributed by atoms with Crippen molar-refractivity contribution in [2.24, 2.45) is 0 Å². The summed E-state index contributed by atoms with van der Waals surface area (Å²) in [7, 11) is 2.87. The Balaban J connectivity index is 3.27. The Bertz CT molecular complexity index is 177.